The van der Waals surface area contributed by atoms with Crippen LogP contribution in [0.25, 0.3) is 0 Å². The molecule has 1 unspecified atom stereocenters. The van der Waals surface area contributed by atoms with Crippen molar-refractivity contribution in [2.45, 2.75) is 33.4 Å². The standard InChI is InChI=1S/C13H18F3NO3/c1-12(2,3)9(11(19)20)10(18)17-6-4-8(5-7-17)13(14,15)16/h4,9H,5-7H2,1-3H3,(H,19,20). The molecule has 1 aliphatic rings. The molecule has 0 aromatic carbocycles. The van der Waals surface area contributed by atoms with Crippen LogP contribution in [-0.4, -0.2) is 41.1 Å². The SMILES string of the molecule is CC(C)(C)C(C(=O)O)C(=O)N1CC=C(C(F)(F)F)CC1. The zero-order valence-electron chi connectivity index (χ0n) is 11.6. The Morgan fingerprint density at radius 1 is 1.30 bits per heavy atom. The minimum atomic E-state index is -4.38. The quantitative estimate of drug-likeness (QED) is 0.628. The monoisotopic (exact) mass is 293 g/mol. The fraction of sp³-hybridized carbons (Fsp3) is 0.692. The van der Waals surface area contributed by atoms with E-state index in [0.717, 1.165) is 6.08 Å². The molecular weight excluding hydrogens is 275 g/mol. The molecule has 1 N–H and O–H groups in total. The van der Waals surface area contributed by atoms with Gasteiger partial charge >= 0.3 is 12.1 Å². The highest BCUT2D eigenvalue weighted by atomic mass is 19.4. The first kappa shape index (κ1) is 16.5. The first-order valence-corrected chi connectivity index (χ1v) is 6.22. The molecule has 1 aliphatic heterocycles. The van der Waals surface area contributed by atoms with Crippen LogP contribution in [-0.2, 0) is 9.59 Å². The number of hydrogen-bond acceptors (Lipinski definition) is 2. The van der Waals surface area contributed by atoms with Gasteiger partial charge in [-0.3, -0.25) is 9.59 Å². The molecule has 4 nitrogen and oxygen atoms in total. The Hall–Kier alpha value is -1.53. The number of hydrogen-bond donors (Lipinski definition) is 1. The van der Waals surface area contributed by atoms with Gasteiger partial charge in [-0.15, -0.1) is 0 Å². The van der Waals surface area contributed by atoms with Crippen molar-refractivity contribution >= 4 is 11.9 Å². The zero-order valence-corrected chi connectivity index (χ0v) is 11.6. The van der Waals surface area contributed by atoms with Crippen molar-refractivity contribution in [2.75, 3.05) is 13.1 Å². The topological polar surface area (TPSA) is 57.6 Å². The highest BCUT2D eigenvalue weighted by molar-refractivity contribution is 5.97. The van der Waals surface area contributed by atoms with Crippen molar-refractivity contribution in [3.63, 3.8) is 0 Å². The Bertz CT molecular complexity index is 435. The minimum absolute atomic E-state index is 0.107. The summed E-state index contributed by atoms with van der Waals surface area (Å²) in [5, 5.41) is 9.15. The summed E-state index contributed by atoms with van der Waals surface area (Å²) in [7, 11) is 0. The predicted molar refractivity (Wildman–Crippen MR) is 65.9 cm³/mol. The number of rotatable bonds is 2. The largest absolute Gasteiger partial charge is 0.481 e. The molecule has 1 amide bonds. The van der Waals surface area contributed by atoms with Gasteiger partial charge in [-0.1, -0.05) is 26.8 Å². The van der Waals surface area contributed by atoms with Crippen molar-refractivity contribution < 1.29 is 27.9 Å². The van der Waals surface area contributed by atoms with E-state index in [-0.39, 0.29) is 19.5 Å². The maximum Gasteiger partial charge on any atom is 0.412 e. The highest BCUT2D eigenvalue weighted by Crippen LogP contribution is 2.32. The van der Waals surface area contributed by atoms with Crippen molar-refractivity contribution in [3.8, 4) is 0 Å². The van der Waals surface area contributed by atoms with Gasteiger partial charge in [0.15, 0.2) is 0 Å². The molecule has 0 fully saturated rings. The van der Waals surface area contributed by atoms with Crippen LogP contribution >= 0.6 is 0 Å². The van der Waals surface area contributed by atoms with Crippen LogP contribution in [0.5, 0.6) is 0 Å². The van der Waals surface area contributed by atoms with E-state index in [2.05, 4.69) is 0 Å². The average molecular weight is 293 g/mol. The second-order valence-electron chi connectivity index (χ2n) is 5.90. The minimum Gasteiger partial charge on any atom is -0.481 e. The number of amides is 1. The van der Waals surface area contributed by atoms with E-state index in [9.17, 15) is 22.8 Å². The van der Waals surface area contributed by atoms with Crippen LogP contribution in [0.2, 0.25) is 0 Å². The molecule has 7 heteroatoms. The number of carbonyl (C=O) groups is 2. The number of halogens is 3. The van der Waals surface area contributed by atoms with E-state index < -0.39 is 35.0 Å². The normalized spacial score (nSPS) is 18.5. The van der Waals surface area contributed by atoms with Gasteiger partial charge in [-0.2, -0.15) is 13.2 Å². The number of aliphatic carboxylic acids is 1. The zero-order chi connectivity index (χ0) is 15.7. The van der Waals surface area contributed by atoms with Gasteiger partial charge in [-0.05, 0) is 11.8 Å². The molecule has 20 heavy (non-hydrogen) atoms. The Kier molecular flexibility index (Phi) is 4.51. The first-order chi connectivity index (χ1) is 8.94. The fourth-order valence-electron chi connectivity index (χ4n) is 2.16. The van der Waals surface area contributed by atoms with Crippen LogP contribution in [0, 0.1) is 11.3 Å². The number of carbonyl (C=O) groups excluding carboxylic acids is 1. The van der Waals surface area contributed by atoms with Gasteiger partial charge in [0.1, 0.15) is 5.92 Å². The van der Waals surface area contributed by atoms with Crippen LogP contribution in [0.1, 0.15) is 27.2 Å². The van der Waals surface area contributed by atoms with Crippen LogP contribution in [0.15, 0.2) is 11.6 Å². The summed E-state index contributed by atoms with van der Waals surface area (Å²) in [6.45, 7) is 4.54. The first-order valence-electron chi connectivity index (χ1n) is 6.22. The van der Waals surface area contributed by atoms with E-state index in [1.165, 1.54) is 4.90 Å². The van der Waals surface area contributed by atoms with Gasteiger partial charge in [-0.25, -0.2) is 0 Å². The van der Waals surface area contributed by atoms with Crippen molar-refractivity contribution in [2.24, 2.45) is 11.3 Å². The third-order valence-corrected chi connectivity index (χ3v) is 3.24. The van der Waals surface area contributed by atoms with E-state index in [0.29, 0.717) is 0 Å². The Morgan fingerprint density at radius 3 is 2.15 bits per heavy atom. The molecule has 0 aliphatic carbocycles. The molecule has 0 spiro atoms. The lowest BCUT2D eigenvalue weighted by Crippen LogP contribution is -2.47. The lowest BCUT2D eigenvalue weighted by Gasteiger charge is -2.33. The second kappa shape index (κ2) is 5.46. The molecule has 0 aromatic heterocycles. The van der Waals surface area contributed by atoms with Crippen LogP contribution in [0.4, 0.5) is 13.2 Å². The van der Waals surface area contributed by atoms with Crippen LogP contribution in [0.3, 0.4) is 0 Å². The molecule has 0 bridgehead atoms. The van der Waals surface area contributed by atoms with E-state index in [4.69, 9.17) is 5.11 Å². The summed E-state index contributed by atoms with van der Waals surface area (Å²) in [5.74, 6) is -3.15. The maximum absolute atomic E-state index is 12.5. The summed E-state index contributed by atoms with van der Waals surface area (Å²) in [6, 6.07) is 0. The molecule has 1 atom stereocenters. The van der Waals surface area contributed by atoms with Gasteiger partial charge in [0.05, 0.1) is 0 Å². The highest BCUT2D eigenvalue weighted by Gasteiger charge is 2.42. The molecule has 0 saturated carbocycles. The van der Waals surface area contributed by atoms with Gasteiger partial charge < -0.3 is 10.0 Å². The summed E-state index contributed by atoms with van der Waals surface area (Å²) >= 11 is 0. The van der Waals surface area contributed by atoms with Crippen molar-refractivity contribution in [1.82, 2.24) is 4.90 Å². The van der Waals surface area contributed by atoms with Gasteiger partial charge in [0.2, 0.25) is 5.91 Å². The molecule has 0 saturated heterocycles. The summed E-state index contributed by atoms with van der Waals surface area (Å²) < 4.78 is 37.4. The summed E-state index contributed by atoms with van der Waals surface area (Å²) in [4.78, 5) is 24.6. The molecule has 0 radical (unpaired) electrons. The third-order valence-electron chi connectivity index (χ3n) is 3.24. The number of nitrogens with zero attached hydrogens (tertiary/aromatic N) is 1. The fourth-order valence-corrected chi connectivity index (χ4v) is 2.16. The molecule has 0 aromatic rings. The Morgan fingerprint density at radius 2 is 1.85 bits per heavy atom. The van der Waals surface area contributed by atoms with Crippen molar-refractivity contribution in [1.29, 1.82) is 0 Å². The lowest BCUT2D eigenvalue weighted by molar-refractivity contribution is -0.156. The van der Waals surface area contributed by atoms with Crippen molar-refractivity contribution in [3.05, 3.63) is 11.6 Å². The summed E-state index contributed by atoms with van der Waals surface area (Å²) in [6.07, 6.45) is -3.74. The van der Waals surface area contributed by atoms with E-state index in [1.807, 2.05) is 0 Å². The molecular formula is C13H18F3NO3. The average Bonchev–Trinajstić information content (AvgIpc) is 2.25. The lowest BCUT2D eigenvalue weighted by atomic mass is 9.79. The Labute approximate surface area is 115 Å². The molecule has 1 rings (SSSR count). The number of carboxylic acid groups (broad SMARTS) is 1. The third kappa shape index (κ3) is 3.74. The maximum atomic E-state index is 12.5. The molecule has 1 heterocycles. The van der Waals surface area contributed by atoms with Gasteiger partial charge in [0.25, 0.3) is 0 Å². The van der Waals surface area contributed by atoms with E-state index in [1.54, 1.807) is 20.8 Å². The summed E-state index contributed by atoms with van der Waals surface area (Å²) in [5.41, 5.74) is -1.46. The van der Waals surface area contributed by atoms with Crippen LogP contribution < -0.4 is 0 Å². The predicted octanol–water partition coefficient (Wildman–Crippen LogP) is 2.45. The number of alkyl halides is 3. The van der Waals surface area contributed by atoms with E-state index >= 15 is 0 Å². The Balaban J connectivity index is 2.86. The van der Waals surface area contributed by atoms with Gasteiger partial charge in [0, 0.05) is 18.7 Å². The smallest absolute Gasteiger partial charge is 0.412 e. The number of carboxylic acids is 1. The second-order valence-corrected chi connectivity index (χ2v) is 5.90. The molecule has 114 valence electrons.